The van der Waals surface area contributed by atoms with Crippen molar-refractivity contribution in [2.24, 2.45) is 0 Å². The Hall–Kier alpha value is -2.22. The molecule has 3 heterocycles. The predicted molar refractivity (Wildman–Crippen MR) is 95.4 cm³/mol. The molecule has 1 aliphatic rings. The van der Waals surface area contributed by atoms with Gasteiger partial charge in [0.15, 0.2) is 5.82 Å². The molecule has 0 aromatic carbocycles. The van der Waals surface area contributed by atoms with E-state index in [0.29, 0.717) is 5.92 Å². The normalized spacial score (nSPS) is 16.9. The van der Waals surface area contributed by atoms with E-state index in [-0.39, 0.29) is 18.5 Å². The smallest absolute Gasteiger partial charge is 0.239 e. The number of anilines is 1. The SMILES string of the molecule is CCCn1nccc1NC(=O)CN[C@H]1CCc2nc(C(C)C)nn2C1. The molecule has 2 aromatic heterocycles. The minimum absolute atomic E-state index is 0.0508. The van der Waals surface area contributed by atoms with Gasteiger partial charge in [0.2, 0.25) is 5.91 Å². The van der Waals surface area contributed by atoms with E-state index in [0.717, 1.165) is 49.8 Å². The maximum absolute atomic E-state index is 12.2. The fourth-order valence-corrected chi connectivity index (χ4v) is 2.99. The van der Waals surface area contributed by atoms with Crippen LogP contribution in [0.25, 0.3) is 0 Å². The van der Waals surface area contributed by atoms with Gasteiger partial charge in [-0.15, -0.1) is 0 Å². The van der Waals surface area contributed by atoms with Gasteiger partial charge < -0.3 is 10.6 Å². The van der Waals surface area contributed by atoms with Gasteiger partial charge in [0.1, 0.15) is 11.6 Å². The quantitative estimate of drug-likeness (QED) is 0.795. The number of aromatic nitrogens is 5. The second-order valence-electron chi connectivity index (χ2n) is 6.83. The minimum Gasteiger partial charge on any atom is -0.310 e. The summed E-state index contributed by atoms with van der Waals surface area (Å²) in [5, 5.41) is 15.0. The molecular weight excluding hydrogens is 318 g/mol. The van der Waals surface area contributed by atoms with Crippen LogP contribution in [-0.4, -0.2) is 43.0 Å². The summed E-state index contributed by atoms with van der Waals surface area (Å²) < 4.78 is 3.79. The Balaban J connectivity index is 1.50. The second kappa shape index (κ2) is 7.77. The summed E-state index contributed by atoms with van der Waals surface area (Å²) in [6.07, 6.45) is 4.54. The van der Waals surface area contributed by atoms with E-state index in [2.05, 4.69) is 46.6 Å². The summed E-state index contributed by atoms with van der Waals surface area (Å²) in [6.45, 7) is 8.13. The second-order valence-corrected chi connectivity index (χ2v) is 6.83. The van der Waals surface area contributed by atoms with Crippen LogP contribution < -0.4 is 10.6 Å². The molecule has 0 spiro atoms. The Morgan fingerprint density at radius 3 is 3.04 bits per heavy atom. The van der Waals surface area contributed by atoms with Gasteiger partial charge in [0, 0.05) is 31.0 Å². The molecule has 0 saturated carbocycles. The van der Waals surface area contributed by atoms with Gasteiger partial charge >= 0.3 is 0 Å². The third-order valence-electron chi connectivity index (χ3n) is 4.36. The number of nitrogens with zero attached hydrogens (tertiary/aromatic N) is 5. The van der Waals surface area contributed by atoms with Crippen LogP contribution in [0.4, 0.5) is 5.82 Å². The Labute approximate surface area is 148 Å². The van der Waals surface area contributed by atoms with Crippen molar-refractivity contribution in [3.05, 3.63) is 23.9 Å². The molecule has 25 heavy (non-hydrogen) atoms. The van der Waals surface area contributed by atoms with E-state index >= 15 is 0 Å². The van der Waals surface area contributed by atoms with E-state index in [9.17, 15) is 4.79 Å². The molecular formula is C17H27N7O. The summed E-state index contributed by atoms with van der Waals surface area (Å²) in [5.41, 5.74) is 0. The van der Waals surface area contributed by atoms with Crippen LogP contribution in [-0.2, 0) is 24.3 Å². The van der Waals surface area contributed by atoms with Crippen LogP contribution in [0, 0.1) is 0 Å². The van der Waals surface area contributed by atoms with Crippen molar-refractivity contribution >= 4 is 11.7 Å². The Bertz CT molecular complexity index is 718. The summed E-state index contributed by atoms with van der Waals surface area (Å²) in [6, 6.07) is 2.06. The van der Waals surface area contributed by atoms with E-state index in [4.69, 9.17) is 0 Å². The molecule has 0 unspecified atom stereocenters. The average Bonchev–Trinajstić information content (AvgIpc) is 3.20. The Morgan fingerprint density at radius 2 is 2.28 bits per heavy atom. The number of nitrogens with one attached hydrogen (secondary N) is 2. The molecule has 1 amide bonds. The lowest BCUT2D eigenvalue weighted by Gasteiger charge is -2.23. The van der Waals surface area contributed by atoms with Crippen LogP contribution in [0.3, 0.4) is 0 Å². The molecule has 8 nitrogen and oxygen atoms in total. The van der Waals surface area contributed by atoms with Gasteiger partial charge in [0.05, 0.1) is 19.3 Å². The van der Waals surface area contributed by atoms with E-state index < -0.39 is 0 Å². The predicted octanol–water partition coefficient (Wildman–Crippen LogP) is 1.55. The number of hydrogen-bond acceptors (Lipinski definition) is 5. The number of hydrogen-bond donors (Lipinski definition) is 2. The summed E-state index contributed by atoms with van der Waals surface area (Å²) >= 11 is 0. The van der Waals surface area contributed by atoms with Gasteiger partial charge in [-0.05, 0) is 12.8 Å². The Morgan fingerprint density at radius 1 is 1.44 bits per heavy atom. The fraction of sp³-hybridized carbons (Fsp3) is 0.647. The lowest BCUT2D eigenvalue weighted by molar-refractivity contribution is -0.115. The van der Waals surface area contributed by atoms with Gasteiger partial charge in [0.25, 0.3) is 0 Å². The zero-order chi connectivity index (χ0) is 17.8. The van der Waals surface area contributed by atoms with Crippen LogP contribution in [0.1, 0.15) is 51.2 Å². The summed E-state index contributed by atoms with van der Waals surface area (Å²) in [4.78, 5) is 16.8. The molecule has 1 atom stereocenters. The number of rotatable bonds is 7. The number of aryl methyl sites for hydroxylation is 2. The first-order valence-electron chi connectivity index (χ1n) is 9.05. The van der Waals surface area contributed by atoms with Crippen molar-refractivity contribution < 1.29 is 4.79 Å². The molecule has 0 fully saturated rings. The monoisotopic (exact) mass is 345 g/mol. The maximum Gasteiger partial charge on any atom is 0.239 e. The third kappa shape index (κ3) is 4.25. The minimum atomic E-state index is -0.0508. The Kier molecular flexibility index (Phi) is 5.47. The molecule has 1 aliphatic heterocycles. The zero-order valence-corrected chi connectivity index (χ0v) is 15.2. The van der Waals surface area contributed by atoms with Crippen LogP contribution in [0.15, 0.2) is 12.3 Å². The zero-order valence-electron chi connectivity index (χ0n) is 15.2. The lowest BCUT2D eigenvalue weighted by Crippen LogP contribution is -2.41. The molecule has 0 radical (unpaired) electrons. The molecule has 2 N–H and O–H groups in total. The average molecular weight is 345 g/mol. The largest absolute Gasteiger partial charge is 0.310 e. The number of amides is 1. The van der Waals surface area contributed by atoms with Gasteiger partial charge in [-0.25, -0.2) is 14.3 Å². The highest BCUT2D eigenvalue weighted by Crippen LogP contribution is 2.17. The number of carbonyl (C=O) groups excluding carboxylic acids is 1. The first-order chi connectivity index (χ1) is 12.1. The van der Waals surface area contributed by atoms with Crippen molar-refractivity contribution in [1.82, 2.24) is 29.9 Å². The highest BCUT2D eigenvalue weighted by Gasteiger charge is 2.22. The van der Waals surface area contributed by atoms with E-state index in [1.807, 2.05) is 15.4 Å². The van der Waals surface area contributed by atoms with Gasteiger partial charge in [-0.2, -0.15) is 10.2 Å². The van der Waals surface area contributed by atoms with Crippen molar-refractivity contribution in [1.29, 1.82) is 0 Å². The molecule has 136 valence electrons. The topological polar surface area (TPSA) is 89.7 Å². The fourth-order valence-electron chi connectivity index (χ4n) is 2.99. The van der Waals surface area contributed by atoms with Crippen molar-refractivity contribution in [3.63, 3.8) is 0 Å². The van der Waals surface area contributed by atoms with Crippen molar-refractivity contribution in [3.8, 4) is 0 Å². The van der Waals surface area contributed by atoms with Crippen molar-refractivity contribution in [2.45, 2.75) is 65.1 Å². The molecule has 0 aliphatic carbocycles. The van der Waals surface area contributed by atoms with Crippen LogP contribution >= 0.6 is 0 Å². The van der Waals surface area contributed by atoms with E-state index in [1.165, 1.54) is 0 Å². The molecule has 0 saturated heterocycles. The van der Waals surface area contributed by atoms with Crippen molar-refractivity contribution in [2.75, 3.05) is 11.9 Å². The number of fused-ring (bicyclic) bond motifs is 1. The van der Waals surface area contributed by atoms with Gasteiger partial charge in [-0.3, -0.25) is 4.79 Å². The van der Waals surface area contributed by atoms with Crippen LogP contribution in [0.5, 0.6) is 0 Å². The maximum atomic E-state index is 12.2. The van der Waals surface area contributed by atoms with E-state index in [1.54, 1.807) is 6.20 Å². The first-order valence-corrected chi connectivity index (χ1v) is 9.05. The first kappa shape index (κ1) is 17.6. The van der Waals surface area contributed by atoms with Crippen LogP contribution in [0.2, 0.25) is 0 Å². The molecule has 3 rings (SSSR count). The summed E-state index contributed by atoms with van der Waals surface area (Å²) in [7, 11) is 0. The number of carbonyl (C=O) groups is 1. The third-order valence-corrected chi connectivity index (χ3v) is 4.36. The summed E-state index contributed by atoms with van der Waals surface area (Å²) in [5.74, 6) is 2.98. The standard InChI is InChI=1S/C17H27N7O/c1-4-9-23-15(7-8-19-23)20-16(25)10-18-13-5-6-14-21-17(12(2)3)22-24(14)11-13/h7-8,12-13,18H,4-6,9-11H2,1-3H3,(H,20,25)/t13-/m0/s1. The molecule has 2 aromatic rings. The highest BCUT2D eigenvalue weighted by molar-refractivity contribution is 5.91. The molecule has 0 bridgehead atoms. The molecule has 8 heteroatoms. The highest BCUT2D eigenvalue weighted by atomic mass is 16.2. The lowest BCUT2D eigenvalue weighted by atomic mass is 10.1. The van der Waals surface area contributed by atoms with Gasteiger partial charge in [-0.1, -0.05) is 20.8 Å².